The molecule has 0 saturated heterocycles. The average Bonchev–Trinajstić information content (AvgIpc) is 3.02. The van der Waals surface area contributed by atoms with Crippen molar-refractivity contribution in [3.8, 4) is 22.8 Å². The first kappa shape index (κ1) is 16.5. The van der Waals surface area contributed by atoms with Crippen LogP contribution in [0.3, 0.4) is 0 Å². The Morgan fingerprint density at radius 1 is 1.12 bits per heavy atom. The predicted octanol–water partition coefficient (Wildman–Crippen LogP) is 4.28. The Morgan fingerprint density at radius 3 is 2.62 bits per heavy atom. The summed E-state index contributed by atoms with van der Waals surface area (Å²) in [6.07, 6.45) is 0. The SMILES string of the molecule is Cc1sc(NC(=O)c2ccc3c(c2)OCCO3)nc1-c1ccc(F)cc1. The van der Waals surface area contributed by atoms with Crippen LogP contribution in [0.5, 0.6) is 11.5 Å². The van der Waals surface area contributed by atoms with Gasteiger partial charge in [-0.05, 0) is 49.4 Å². The summed E-state index contributed by atoms with van der Waals surface area (Å²) in [5.74, 6) is 0.623. The lowest BCUT2D eigenvalue weighted by atomic mass is 10.1. The minimum atomic E-state index is -0.297. The summed E-state index contributed by atoms with van der Waals surface area (Å²) in [5.41, 5.74) is 2.00. The van der Waals surface area contributed by atoms with Crippen LogP contribution in [0, 0.1) is 12.7 Å². The first-order chi connectivity index (χ1) is 12.6. The lowest BCUT2D eigenvalue weighted by molar-refractivity contribution is 0.102. The largest absolute Gasteiger partial charge is 0.486 e. The molecule has 0 spiro atoms. The number of aromatic nitrogens is 1. The summed E-state index contributed by atoms with van der Waals surface area (Å²) in [6.45, 7) is 2.88. The van der Waals surface area contributed by atoms with Gasteiger partial charge in [0.05, 0.1) is 5.69 Å². The van der Waals surface area contributed by atoms with Gasteiger partial charge in [-0.1, -0.05) is 0 Å². The van der Waals surface area contributed by atoms with Crippen molar-refractivity contribution in [1.82, 2.24) is 4.98 Å². The van der Waals surface area contributed by atoms with Crippen LogP contribution in [-0.2, 0) is 0 Å². The molecule has 0 saturated carbocycles. The first-order valence-corrected chi connectivity index (χ1v) is 8.86. The molecular formula is C19H15FN2O3S. The van der Waals surface area contributed by atoms with Crippen LogP contribution >= 0.6 is 11.3 Å². The van der Waals surface area contributed by atoms with Crippen molar-refractivity contribution in [3.63, 3.8) is 0 Å². The summed E-state index contributed by atoms with van der Waals surface area (Å²) in [5, 5.41) is 3.29. The highest BCUT2D eigenvalue weighted by atomic mass is 32.1. The van der Waals surface area contributed by atoms with E-state index >= 15 is 0 Å². The molecule has 26 heavy (non-hydrogen) atoms. The summed E-state index contributed by atoms with van der Waals surface area (Å²) in [4.78, 5) is 17.9. The molecule has 0 fully saturated rings. The van der Waals surface area contributed by atoms with E-state index in [0.717, 1.165) is 16.1 Å². The molecule has 2 aromatic carbocycles. The molecule has 2 heterocycles. The van der Waals surface area contributed by atoms with Gasteiger partial charge in [0, 0.05) is 16.0 Å². The van der Waals surface area contributed by atoms with E-state index in [1.54, 1.807) is 30.3 Å². The second-order valence-corrected chi connectivity index (χ2v) is 6.95. The number of benzene rings is 2. The van der Waals surface area contributed by atoms with Crippen molar-refractivity contribution in [2.75, 3.05) is 18.5 Å². The van der Waals surface area contributed by atoms with Gasteiger partial charge in [-0.3, -0.25) is 10.1 Å². The lowest BCUT2D eigenvalue weighted by Gasteiger charge is -2.18. The van der Waals surface area contributed by atoms with Crippen molar-refractivity contribution in [1.29, 1.82) is 0 Å². The van der Waals surface area contributed by atoms with Gasteiger partial charge in [0.25, 0.3) is 5.91 Å². The molecule has 1 aliphatic rings. The van der Waals surface area contributed by atoms with E-state index in [9.17, 15) is 9.18 Å². The number of hydrogen-bond acceptors (Lipinski definition) is 5. The fourth-order valence-corrected chi connectivity index (χ4v) is 3.51. The smallest absolute Gasteiger partial charge is 0.257 e. The number of anilines is 1. The third-order valence-corrected chi connectivity index (χ3v) is 4.83. The molecule has 0 atom stereocenters. The Labute approximate surface area is 153 Å². The van der Waals surface area contributed by atoms with E-state index in [-0.39, 0.29) is 11.7 Å². The Bertz CT molecular complexity index is 969. The molecule has 1 aromatic heterocycles. The highest BCUT2D eigenvalue weighted by Gasteiger charge is 2.17. The molecule has 7 heteroatoms. The number of nitrogens with zero attached hydrogens (tertiary/aromatic N) is 1. The minimum absolute atomic E-state index is 0.277. The van der Waals surface area contributed by atoms with Gasteiger partial charge in [-0.25, -0.2) is 9.37 Å². The van der Waals surface area contributed by atoms with Gasteiger partial charge in [0.1, 0.15) is 19.0 Å². The number of amides is 1. The Kier molecular flexibility index (Phi) is 4.30. The fraction of sp³-hybridized carbons (Fsp3) is 0.158. The van der Waals surface area contributed by atoms with E-state index in [0.29, 0.717) is 35.4 Å². The Balaban J connectivity index is 1.55. The van der Waals surface area contributed by atoms with Gasteiger partial charge in [-0.2, -0.15) is 0 Å². The Morgan fingerprint density at radius 2 is 1.85 bits per heavy atom. The zero-order valence-corrected chi connectivity index (χ0v) is 14.7. The average molecular weight is 370 g/mol. The van der Waals surface area contributed by atoms with Crippen LogP contribution in [-0.4, -0.2) is 24.1 Å². The molecule has 5 nitrogen and oxygen atoms in total. The quantitative estimate of drug-likeness (QED) is 0.748. The third kappa shape index (κ3) is 3.25. The molecule has 3 aromatic rings. The number of ether oxygens (including phenoxy) is 2. The molecule has 0 bridgehead atoms. The lowest BCUT2D eigenvalue weighted by Crippen LogP contribution is -2.17. The topological polar surface area (TPSA) is 60.5 Å². The zero-order chi connectivity index (χ0) is 18.1. The maximum Gasteiger partial charge on any atom is 0.257 e. The van der Waals surface area contributed by atoms with Crippen LogP contribution in [0.2, 0.25) is 0 Å². The number of aryl methyl sites for hydroxylation is 1. The van der Waals surface area contributed by atoms with E-state index in [4.69, 9.17) is 9.47 Å². The number of rotatable bonds is 3. The van der Waals surface area contributed by atoms with Gasteiger partial charge < -0.3 is 9.47 Å². The van der Waals surface area contributed by atoms with E-state index in [1.165, 1.54) is 23.5 Å². The number of thiazole rings is 1. The number of hydrogen-bond donors (Lipinski definition) is 1. The summed E-state index contributed by atoms with van der Waals surface area (Å²) < 4.78 is 24.1. The van der Waals surface area contributed by atoms with Gasteiger partial charge in [-0.15, -0.1) is 11.3 Å². The van der Waals surface area contributed by atoms with Gasteiger partial charge in [0.2, 0.25) is 0 Å². The van der Waals surface area contributed by atoms with Crippen molar-refractivity contribution in [2.45, 2.75) is 6.92 Å². The normalized spacial score (nSPS) is 12.7. The van der Waals surface area contributed by atoms with Crippen LogP contribution < -0.4 is 14.8 Å². The fourth-order valence-electron chi connectivity index (χ4n) is 2.68. The number of nitrogens with one attached hydrogen (secondary N) is 1. The number of carbonyl (C=O) groups excluding carboxylic acids is 1. The predicted molar refractivity (Wildman–Crippen MR) is 97.6 cm³/mol. The molecule has 0 aliphatic carbocycles. The molecule has 132 valence electrons. The van der Waals surface area contributed by atoms with Gasteiger partial charge in [0.15, 0.2) is 16.6 Å². The molecule has 1 N–H and O–H groups in total. The summed E-state index contributed by atoms with van der Waals surface area (Å²) >= 11 is 1.37. The monoisotopic (exact) mass is 370 g/mol. The zero-order valence-electron chi connectivity index (χ0n) is 13.9. The first-order valence-electron chi connectivity index (χ1n) is 8.04. The van der Waals surface area contributed by atoms with Crippen LogP contribution in [0.25, 0.3) is 11.3 Å². The van der Waals surface area contributed by atoms with E-state index in [1.807, 2.05) is 6.92 Å². The summed E-state index contributed by atoms with van der Waals surface area (Å²) in [6, 6.07) is 11.2. The van der Waals surface area contributed by atoms with Crippen molar-refractivity contribution in [3.05, 3.63) is 58.7 Å². The van der Waals surface area contributed by atoms with Gasteiger partial charge >= 0.3 is 0 Å². The molecule has 1 amide bonds. The van der Waals surface area contributed by atoms with Crippen LogP contribution in [0.1, 0.15) is 15.2 Å². The van der Waals surface area contributed by atoms with Crippen molar-refractivity contribution in [2.24, 2.45) is 0 Å². The number of fused-ring (bicyclic) bond motifs is 1. The molecule has 1 aliphatic heterocycles. The number of halogens is 1. The maximum absolute atomic E-state index is 13.1. The van der Waals surface area contributed by atoms with Crippen molar-refractivity contribution >= 4 is 22.4 Å². The molecular weight excluding hydrogens is 355 g/mol. The molecule has 4 rings (SSSR count). The van der Waals surface area contributed by atoms with E-state index in [2.05, 4.69) is 10.3 Å². The third-order valence-electron chi connectivity index (χ3n) is 3.94. The second kappa shape index (κ2) is 6.76. The highest BCUT2D eigenvalue weighted by Crippen LogP contribution is 2.33. The second-order valence-electron chi connectivity index (χ2n) is 5.74. The minimum Gasteiger partial charge on any atom is -0.486 e. The summed E-state index contributed by atoms with van der Waals surface area (Å²) in [7, 11) is 0. The maximum atomic E-state index is 13.1. The highest BCUT2D eigenvalue weighted by molar-refractivity contribution is 7.16. The molecule has 0 unspecified atom stereocenters. The van der Waals surface area contributed by atoms with E-state index < -0.39 is 0 Å². The number of carbonyl (C=O) groups is 1. The molecule has 0 radical (unpaired) electrons. The Hall–Kier alpha value is -2.93. The van der Waals surface area contributed by atoms with Crippen LogP contribution in [0.4, 0.5) is 9.52 Å². The van der Waals surface area contributed by atoms with Crippen LogP contribution in [0.15, 0.2) is 42.5 Å². The standard InChI is InChI=1S/C19H15FN2O3S/c1-11-17(12-2-5-14(20)6-3-12)21-19(26-11)22-18(23)13-4-7-15-16(10-13)25-9-8-24-15/h2-7,10H,8-9H2,1H3,(H,21,22,23). The van der Waals surface area contributed by atoms with Crippen molar-refractivity contribution < 1.29 is 18.7 Å².